The van der Waals surface area contributed by atoms with Crippen LogP contribution in [0.2, 0.25) is 0 Å². The van der Waals surface area contributed by atoms with Crippen LogP contribution in [0.3, 0.4) is 0 Å². The van der Waals surface area contributed by atoms with Crippen LogP contribution >= 0.6 is 0 Å². The average molecular weight is 287 g/mol. The summed E-state index contributed by atoms with van der Waals surface area (Å²) in [4.78, 5) is 11.9. The van der Waals surface area contributed by atoms with Crippen molar-refractivity contribution in [3.8, 4) is 5.75 Å². The molecular formula is C15H17N3O3. The van der Waals surface area contributed by atoms with E-state index in [1.54, 1.807) is 23.7 Å². The number of rotatable bonds is 5. The number of hydrogen-bond acceptors (Lipinski definition) is 5. The van der Waals surface area contributed by atoms with Crippen LogP contribution in [0, 0.1) is 0 Å². The number of hydrogen-bond donors (Lipinski definition) is 1. The third-order valence-corrected chi connectivity index (χ3v) is 3.47. The topological polar surface area (TPSA) is 77.2 Å². The van der Waals surface area contributed by atoms with E-state index >= 15 is 0 Å². The molecule has 1 saturated carbocycles. The maximum atomic E-state index is 11.9. The average Bonchev–Trinajstić information content (AvgIpc) is 3.22. The molecule has 6 nitrogen and oxygen atoms in total. The third-order valence-electron chi connectivity index (χ3n) is 3.47. The van der Waals surface area contributed by atoms with Gasteiger partial charge in [-0.3, -0.25) is 0 Å². The van der Waals surface area contributed by atoms with E-state index in [1.165, 1.54) is 0 Å². The van der Waals surface area contributed by atoms with Crippen LogP contribution in [0.15, 0.2) is 24.3 Å². The van der Waals surface area contributed by atoms with Crippen molar-refractivity contribution in [3.05, 3.63) is 41.2 Å². The summed E-state index contributed by atoms with van der Waals surface area (Å²) in [6.07, 6.45) is 2.10. The van der Waals surface area contributed by atoms with E-state index in [1.807, 2.05) is 12.1 Å². The lowest BCUT2D eigenvalue weighted by Gasteiger charge is -2.07. The van der Waals surface area contributed by atoms with E-state index in [4.69, 9.17) is 4.74 Å². The fraction of sp³-hybridized carbons (Fsp3) is 0.400. The number of aromatic hydroxyl groups is 1. The lowest BCUT2D eigenvalue weighted by molar-refractivity contribution is 0.0518. The summed E-state index contributed by atoms with van der Waals surface area (Å²) < 4.78 is 6.80. The van der Waals surface area contributed by atoms with Crippen molar-refractivity contribution < 1.29 is 14.6 Å². The minimum atomic E-state index is -0.406. The van der Waals surface area contributed by atoms with E-state index < -0.39 is 5.97 Å². The Morgan fingerprint density at radius 2 is 2.10 bits per heavy atom. The second kappa shape index (κ2) is 5.55. The molecule has 1 aromatic heterocycles. The van der Waals surface area contributed by atoms with Gasteiger partial charge in [0.1, 0.15) is 5.75 Å². The van der Waals surface area contributed by atoms with Gasteiger partial charge < -0.3 is 9.84 Å². The third kappa shape index (κ3) is 2.89. The molecule has 1 fully saturated rings. The van der Waals surface area contributed by atoms with Gasteiger partial charge in [0.15, 0.2) is 5.69 Å². The number of carbonyl (C=O) groups is 1. The number of esters is 1. The van der Waals surface area contributed by atoms with Crippen molar-refractivity contribution in [1.82, 2.24) is 15.0 Å². The van der Waals surface area contributed by atoms with Crippen LogP contribution in [-0.2, 0) is 11.3 Å². The molecule has 3 rings (SSSR count). The summed E-state index contributed by atoms with van der Waals surface area (Å²) in [5, 5.41) is 17.4. The molecule has 0 radical (unpaired) electrons. The van der Waals surface area contributed by atoms with Gasteiger partial charge in [0.25, 0.3) is 0 Å². The molecule has 21 heavy (non-hydrogen) atoms. The molecule has 6 heteroatoms. The number of benzene rings is 1. The van der Waals surface area contributed by atoms with E-state index in [9.17, 15) is 9.90 Å². The molecule has 1 aliphatic carbocycles. The van der Waals surface area contributed by atoms with Gasteiger partial charge in [-0.15, -0.1) is 5.10 Å². The predicted molar refractivity (Wildman–Crippen MR) is 75.2 cm³/mol. The van der Waals surface area contributed by atoms with Gasteiger partial charge in [-0.2, -0.15) is 0 Å². The Morgan fingerprint density at radius 3 is 2.71 bits per heavy atom. The van der Waals surface area contributed by atoms with Gasteiger partial charge in [-0.25, -0.2) is 9.48 Å². The first kappa shape index (κ1) is 13.6. The van der Waals surface area contributed by atoms with Gasteiger partial charge in [0, 0.05) is 5.92 Å². The van der Waals surface area contributed by atoms with Crippen molar-refractivity contribution in [2.24, 2.45) is 0 Å². The summed E-state index contributed by atoms with van der Waals surface area (Å²) in [6.45, 7) is 2.63. The Bertz CT molecular complexity index is 645. The van der Waals surface area contributed by atoms with Gasteiger partial charge in [-0.1, -0.05) is 17.3 Å². The van der Waals surface area contributed by atoms with Crippen molar-refractivity contribution in [3.63, 3.8) is 0 Å². The molecule has 0 aliphatic heterocycles. The molecular weight excluding hydrogens is 270 g/mol. The Morgan fingerprint density at radius 1 is 1.38 bits per heavy atom. The molecule has 0 bridgehead atoms. The summed E-state index contributed by atoms with van der Waals surface area (Å²) in [7, 11) is 0. The van der Waals surface area contributed by atoms with Gasteiger partial charge in [-0.05, 0) is 37.5 Å². The summed E-state index contributed by atoms with van der Waals surface area (Å²) in [5.41, 5.74) is 2.19. The van der Waals surface area contributed by atoms with Crippen LogP contribution < -0.4 is 0 Å². The summed E-state index contributed by atoms with van der Waals surface area (Å²) in [6, 6.07) is 6.93. The van der Waals surface area contributed by atoms with Gasteiger partial charge in [0.05, 0.1) is 18.8 Å². The molecule has 110 valence electrons. The van der Waals surface area contributed by atoms with Gasteiger partial charge in [0.2, 0.25) is 0 Å². The van der Waals surface area contributed by atoms with Crippen molar-refractivity contribution in [2.75, 3.05) is 6.61 Å². The molecule has 1 aliphatic rings. The second-order valence-corrected chi connectivity index (χ2v) is 5.14. The monoisotopic (exact) mass is 287 g/mol. The first-order valence-corrected chi connectivity index (χ1v) is 7.07. The number of aromatic nitrogens is 3. The highest BCUT2D eigenvalue weighted by Crippen LogP contribution is 2.41. The minimum absolute atomic E-state index is 0.229. The minimum Gasteiger partial charge on any atom is -0.508 e. The normalized spacial score (nSPS) is 14.1. The molecule has 0 amide bonds. The number of phenols is 1. The fourth-order valence-corrected chi connectivity index (χ4v) is 2.32. The quantitative estimate of drug-likeness (QED) is 0.852. The summed E-state index contributed by atoms with van der Waals surface area (Å²) in [5.74, 6) is 0.167. The van der Waals surface area contributed by atoms with E-state index in [2.05, 4.69) is 10.3 Å². The largest absolute Gasteiger partial charge is 0.508 e. The fourth-order valence-electron chi connectivity index (χ4n) is 2.32. The van der Waals surface area contributed by atoms with Crippen LogP contribution in [-0.4, -0.2) is 32.7 Å². The highest BCUT2D eigenvalue weighted by Gasteiger charge is 2.34. The highest BCUT2D eigenvalue weighted by molar-refractivity contribution is 5.88. The molecule has 1 heterocycles. The Kier molecular flexibility index (Phi) is 3.60. The smallest absolute Gasteiger partial charge is 0.360 e. The zero-order valence-electron chi connectivity index (χ0n) is 11.8. The number of ether oxygens (including phenoxy) is 1. The van der Waals surface area contributed by atoms with E-state index in [0.29, 0.717) is 24.8 Å². The molecule has 0 saturated heterocycles. The maximum absolute atomic E-state index is 11.9. The van der Waals surface area contributed by atoms with Crippen LogP contribution in [0.25, 0.3) is 0 Å². The standard InChI is InChI=1S/C15H17N3O3/c1-2-21-15(20)13-14(11-5-6-11)18(17-16-13)9-10-3-7-12(19)8-4-10/h3-4,7-8,11,19H,2,5-6,9H2,1H3. The van der Waals surface area contributed by atoms with Crippen LogP contribution in [0.1, 0.15) is 47.4 Å². The molecule has 1 N–H and O–H groups in total. The number of carbonyl (C=O) groups excluding carboxylic acids is 1. The SMILES string of the molecule is CCOC(=O)c1nnn(Cc2ccc(O)cc2)c1C1CC1. The zero-order valence-corrected chi connectivity index (χ0v) is 11.8. The molecule has 2 aromatic rings. The molecule has 0 atom stereocenters. The lowest BCUT2D eigenvalue weighted by atomic mass is 10.2. The van der Waals surface area contributed by atoms with Crippen LogP contribution in [0.5, 0.6) is 5.75 Å². The highest BCUT2D eigenvalue weighted by atomic mass is 16.5. The first-order valence-electron chi connectivity index (χ1n) is 7.07. The van der Waals surface area contributed by atoms with E-state index in [-0.39, 0.29) is 5.75 Å². The first-order chi connectivity index (χ1) is 10.2. The Hall–Kier alpha value is -2.37. The van der Waals surface area contributed by atoms with Crippen molar-refractivity contribution >= 4 is 5.97 Å². The molecule has 0 unspecified atom stereocenters. The maximum Gasteiger partial charge on any atom is 0.360 e. The second-order valence-electron chi connectivity index (χ2n) is 5.14. The summed E-state index contributed by atoms with van der Waals surface area (Å²) >= 11 is 0. The van der Waals surface area contributed by atoms with Crippen molar-refractivity contribution in [1.29, 1.82) is 0 Å². The zero-order chi connectivity index (χ0) is 14.8. The Labute approximate surface area is 122 Å². The van der Waals surface area contributed by atoms with Crippen LogP contribution in [0.4, 0.5) is 0 Å². The predicted octanol–water partition coefficient (Wildman–Crippen LogP) is 2.09. The van der Waals surface area contributed by atoms with E-state index in [0.717, 1.165) is 24.1 Å². The number of nitrogens with zero attached hydrogens (tertiary/aromatic N) is 3. The molecule has 1 aromatic carbocycles. The van der Waals surface area contributed by atoms with Crippen molar-refractivity contribution in [2.45, 2.75) is 32.2 Å². The lowest BCUT2D eigenvalue weighted by Crippen LogP contribution is -2.11. The van der Waals surface area contributed by atoms with Gasteiger partial charge >= 0.3 is 5.97 Å². The number of phenolic OH excluding ortho intramolecular Hbond substituents is 1. The molecule has 0 spiro atoms. The Balaban J connectivity index is 1.88.